The fraction of sp³-hybridized carbons (Fsp3) is 0.455. The van der Waals surface area contributed by atoms with Crippen molar-refractivity contribution in [2.45, 2.75) is 24.1 Å². The molecule has 0 bridgehead atoms. The van der Waals surface area contributed by atoms with Crippen molar-refractivity contribution >= 4 is 44.8 Å². The van der Waals surface area contributed by atoms with Crippen LogP contribution in [-0.4, -0.2) is 48.8 Å². The van der Waals surface area contributed by atoms with Crippen molar-refractivity contribution in [2.24, 2.45) is 0 Å². The first-order valence-electron chi connectivity index (χ1n) is 5.90. The Balaban J connectivity index is 3.04. The van der Waals surface area contributed by atoms with Crippen LogP contribution in [0.4, 0.5) is 0 Å². The van der Waals surface area contributed by atoms with Gasteiger partial charge in [0.1, 0.15) is 10.3 Å². The predicted octanol–water partition coefficient (Wildman–Crippen LogP) is 1.00. The second kappa shape index (κ2) is 7.21. The maximum atomic E-state index is 12.5. The van der Waals surface area contributed by atoms with E-state index in [1.54, 1.807) is 0 Å². The van der Waals surface area contributed by atoms with Gasteiger partial charge in [-0.2, -0.15) is 4.31 Å². The van der Waals surface area contributed by atoms with Crippen LogP contribution < -0.4 is 5.32 Å². The van der Waals surface area contributed by atoms with E-state index in [0.29, 0.717) is 4.34 Å². The molecule has 1 rings (SSSR count). The number of thiophene rings is 1. The lowest BCUT2D eigenvalue weighted by Crippen LogP contribution is -2.46. The van der Waals surface area contributed by atoms with Gasteiger partial charge in [0.05, 0.1) is 4.34 Å². The first-order chi connectivity index (χ1) is 9.66. The number of aliphatic carboxylic acids is 1. The Bertz CT molecular complexity index is 628. The largest absolute Gasteiger partial charge is 0.480 e. The molecule has 0 aliphatic carbocycles. The molecule has 0 radical (unpaired) electrons. The molecule has 1 heterocycles. The highest BCUT2D eigenvalue weighted by Crippen LogP contribution is 2.28. The molecule has 21 heavy (non-hydrogen) atoms. The van der Waals surface area contributed by atoms with Gasteiger partial charge in [0.25, 0.3) is 10.0 Å². The van der Waals surface area contributed by atoms with E-state index >= 15 is 0 Å². The number of rotatable bonds is 7. The monoisotopic (exact) mass is 354 g/mol. The second-order valence-electron chi connectivity index (χ2n) is 4.17. The topological polar surface area (TPSA) is 104 Å². The quantitative estimate of drug-likeness (QED) is 0.760. The third-order valence-corrected chi connectivity index (χ3v) is 6.28. The fourth-order valence-corrected chi connectivity index (χ4v) is 4.74. The molecule has 0 aliphatic rings. The Morgan fingerprint density at radius 1 is 1.48 bits per heavy atom. The average molecular weight is 355 g/mol. The third-order valence-electron chi connectivity index (χ3n) is 2.61. The minimum atomic E-state index is -3.99. The van der Waals surface area contributed by atoms with E-state index in [0.717, 1.165) is 15.6 Å². The van der Waals surface area contributed by atoms with Crippen molar-refractivity contribution in [3.63, 3.8) is 0 Å². The number of carboxylic acid groups (broad SMARTS) is 1. The summed E-state index contributed by atoms with van der Waals surface area (Å²) in [5.41, 5.74) is 0. The van der Waals surface area contributed by atoms with Gasteiger partial charge in [-0.3, -0.25) is 9.59 Å². The van der Waals surface area contributed by atoms with E-state index in [9.17, 15) is 18.0 Å². The number of nitrogens with one attached hydrogen (secondary N) is 1. The molecule has 0 aliphatic heterocycles. The summed E-state index contributed by atoms with van der Waals surface area (Å²) in [6.07, 6.45) is 0. The number of carbonyl (C=O) groups is 2. The number of sulfonamides is 1. The number of carbonyl (C=O) groups excluding carboxylic acids is 1. The number of carboxylic acids is 1. The summed E-state index contributed by atoms with van der Waals surface area (Å²) >= 11 is 6.57. The van der Waals surface area contributed by atoms with Gasteiger partial charge in [0.2, 0.25) is 5.91 Å². The van der Waals surface area contributed by atoms with Crippen molar-refractivity contribution in [2.75, 3.05) is 13.1 Å². The van der Waals surface area contributed by atoms with E-state index < -0.39 is 22.0 Å². The van der Waals surface area contributed by atoms with Gasteiger partial charge < -0.3 is 10.4 Å². The zero-order valence-electron chi connectivity index (χ0n) is 11.4. The molecule has 0 saturated carbocycles. The lowest BCUT2D eigenvalue weighted by molar-refractivity contribution is -0.140. The Hall–Kier alpha value is -1.16. The van der Waals surface area contributed by atoms with E-state index in [-0.39, 0.29) is 23.2 Å². The Morgan fingerprint density at radius 2 is 2.10 bits per heavy atom. The van der Waals surface area contributed by atoms with Gasteiger partial charge in [-0.15, -0.1) is 11.3 Å². The zero-order chi connectivity index (χ0) is 16.2. The molecule has 10 heteroatoms. The highest BCUT2D eigenvalue weighted by atomic mass is 35.5. The fourth-order valence-electron chi connectivity index (χ4n) is 1.54. The third kappa shape index (κ3) is 4.67. The molecule has 0 aromatic carbocycles. The Kier molecular flexibility index (Phi) is 6.14. The first-order valence-corrected chi connectivity index (χ1v) is 8.54. The van der Waals surface area contributed by atoms with Crippen LogP contribution in [0.1, 0.15) is 13.8 Å². The summed E-state index contributed by atoms with van der Waals surface area (Å²) in [5, 5.41) is 11.5. The molecular formula is C11H15ClN2O5S2. The van der Waals surface area contributed by atoms with Crippen LogP contribution in [0.15, 0.2) is 16.3 Å². The van der Waals surface area contributed by atoms with Gasteiger partial charge >= 0.3 is 5.97 Å². The molecule has 1 unspecified atom stereocenters. The van der Waals surface area contributed by atoms with Gasteiger partial charge in [0.15, 0.2) is 0 Å². The summed E-state index contributed by atoms with van der Waals surface area (Å²) in [4.78, 5) is 21.9. The van der Waals surface area contributed by atoms with Gasteiger partial charge in [-0.1, -0.05) is 11.6 Å². The zero-order valence-corrected chi connectivity index (χ0v) is 13.8. The van der Waals surface area contributed by atoms with Crippen LogP contribution in [0.25, 0.3) is 0 Å². The predicted molar refractivity (Wildman–Crippen MR) is 79.0 cm³/mol. The molecule has 0 saturated heterocycles. The number of nitrogens with zero attached hydrogens (tertiary/aromatic N) is 1. The molecule has 2 N–H and O–H groups in total. The second-order valence-corrected chi connectivity index (χ2v) is 8.00. The number of hydrogen-bond acceptors (Lipinski definition) is 5. The molecule has 1 atom stereocenters. The summed E-state index contributed by atoms with van der Waals surface area (Å²) in [7, 11) is -3.99. The van der Waals surface area contributed by atoms with Crippen molar-refractivity contribution in [3.8, 4) is 0 Å². The minimum Gasteiger partial charge on any atom is -0.480 e. The first kappa shape index (κ1) is 17.9. The molecule has 1 aromatic heterocycles. The SMILES string of the molecule is CC(=O)NCCN(C(C)C(=O)O)S(=O)(=O)c1ccc(Cl)s1. The highest BCUT2D eigenvalue weighted by Gasteiger charge is 2.33. The lowest BCUT2D eigenvalue weighted by atomic mass is 10.3. The van der Waals surface area contributed by atoms with Crippen molar-refractivity contribution in [1.29, 1.82) is 0 Å². The molecule has 1 aromatic rings. The molecule has 0 spiro atoms. The lowest BCUT2D eigenvalue weighted by Gasteiger charge is -2.25. The number of hydrogen-bond donors (Lipinski definition) is 2. The van der Waals surface area contributed by atoms with Crippen LogP contribution >= 0.6 is 22.9 Å². The Labute approximate surface area is 131 Å². The van der Waals surface area contributed by atoms with E-state index in [1.807, 2.05) is 0 Å². The van der Waals surface area contributed by atoms with Gasteiger partial charge in [-0.05, 0) is 19.1 Å². The average Bonchev–Trinajstić information content (AvgIpc) is 2.80. The van der Waals surface area contributed by atoms with E-state index in [2.05, 4.69) is 5.32 Å². The number of halogens is 1. The van der Waals surface area contributed by atoms with Crippen molar-refractivity contribution in [3.05, 3.63) is 16.5 Å². The van der Waals surface area contributed by atoms with Crippen LogP contribution in [0.3, 0.4) is 0 Å². The molecule has 7 nitrogen and oxygen atoms in total. The van der Waals surface area contributed by atoms with E-state index in [1.165, 1.54) is 26.0 Å². The normalized spacial score (nSPS) is 13.1. The maximum absolute atomic E-state index is 12.5. The Morgan fingerprint density at radius 3 is 2.52 bits per heavy atom. The highest BCUT2D eigenvalue weighted by molar-refractivity contribution is 7.91. The van der Waals surface area contributed by atoms with Crippen LogP contribution in [0.2, 0.25) is 4.34 Å². The minimum absolute atomic E-state index is 0.0191. The summed E-state index contributed by atoms with van der Waals surface area (Å²) in [6, 6.07) is 1.49. The van der Waals surface area contributed by atoms with Crippen molar-refractivity contribution in [1.82, 2.24) is 9.62 Å². The molecular weight excluding hydrogens is 340 g/mol. The van der Waals surface area contributed by atoms with Crippen LogP contribution in [0, 0.1) is 0 Å². The number of amides is 1. The van der Waals surface area contributed by atoms with Crippen LogP contribution in [0.5, 0.6) is 0 Å². The van der Waals surface area contributed by atoms with E-state index in [4.69, 9.17) is 16.7 Å². The van der Waals surface area contributed by atoms with Crippen molar-refractivity contribution < 1.29 is 23.1 Å². The molecule has 118 valence electrons. The summed E-state index contributed by atoms with van der Waals surface area (Å²) in [5.74, 6) is -1.60. The summed E-state index contributed by atoms with van der Waals surface area (Å²) in [6.45, 7) is 2.43. The smallest absolute Gasteiger partial charge is 0.321 e. The van der Waals surface area contributed by atoms with Gasteiger partial charge in [-0.25, -0.2) is 8.42 Å². The van der Waals surface area contributed by atoms with Gasteiger partial charge in [0, 0.05) is 20.0 Å². The molecule has 0 fully saturated rings. The standard InChI is InChI=1S/C11H15ClN2O5S2/c1-7(11(16)17)14(6-5-13-8(2)15)21(18,19)10-4-3-9(12)20-10/h3-4,7H,5-6H2,1-2H3,(H,13,15)(H,16,17). The maximum Gasteiger partial charge on any atom is 0.321 e. The van der Waals surface area contributed by atoms with Crippen LogP contribution in [-0.2, 0) is 19.6 Å². The molecule has 1 amide bonds. The summed E-state index contributed by atoms with van der Waals surface area (Å²) < 4.78 is 26.0.